The minimum atomic E-state index is -0.950. The lowest BCUT2D eigenvalue weighted by Crippen LogP contribution is -2.44. The molecule has 104 valence electrons. The first-order chi connectivity index (χ1) is 9.58. The SMILES string of the molecule is O=C(O)CN(CN1C(=O)c2ccccc2C1=O)C1CC1. The quantitative estimate of drug-likeness (QED) is 0.803. The van der Waals surface area contributed by atoms with Gasteiger partial charge in [0.25, 0.3) is 11.8 Å². The van der Waals surface area contributed by atoms with Crippen molar-refractivity contribution in [2.24, 2.45) is 0 Å². The molecule has 1 aliphatic heterocycles. The van der Waals surface area contributed by atoms with E-state index in [1.54, 1.807) is 29.2 Å². The van der Waals surface area contributed by atoms with Crippen LogP contribution in [0.15, 0.2) is 24.3 Å². The van der Waals surface area contributed by atoms with Gasteiger partial charge in [0.2, 0.25) is 0 Å². The zero-order valence-corrected chi connectivity index (χ0v) is 10.8. The molecule has 2 amide bonds. The predicted molar refractivity (Wildman–Crippen MR) is 69.2 cm³/mol. The highest BCUT2D eigenvalue weighted by molar-refractivity contribution is 6.21. The van der Waals surface area contributed by atoms with Crippen molar-refractivity contribution in [3.05, 3.63) is 35.4 Å². The lowest BCUT2D eigenvalue weighted by molar-refractivity contribution is -0.138. The molecule has 2 aliphatic rings. The van der Waals surface area contributed by atoms with E-state index in [0.29, 0.717) is 11.1 Å². The number of benzene rings is 1. The van der Waals surface area contributed by atoms with Gasteiger partial charge < -0.3 is 5.11 Å². The second kappa shape index (κ2) is 4.72. The van der Waals surface area contributed by atoms with E-state index >= 15 is 0 Å². The highest BCUT2D eigenvalue weighted by atomic mass is 16.4. The molecule has 0 spiro atoms. The van der Waals surface area contributed by atoms with Gasteiger partial charge in [0.05, 0.1) is 24.3 Å². The molecule has 20 heavy (non-hydrogen) atoms. The Labute approximate surface area is 115 Å². The summed E-state index contributed by atoms with van der Waals surface area (Å²) in [4.78, 5) is 38.1. The monoisotopic (exact) mass is 274 g/mol. The molecule has 1 heterocycles. The Morgan fingerprint density at radius 3 is 2.20 bits per heavy atom. The first-order valence-electron chi connectivity index (χ1n) is 6.49. The van der Waals surface area contributed by atoms with E-state index in [-0.39, 0.29) is 31.1 Å². The van der Waals surface area contributed by atoms with Crippen LogP contribution in [0.1, 0.15) is 33.6 Å². The first-order valence-corrected chi connectivity index (χ1v) is 6.49. The number of aliphatic carboxylic acids is 1. The van der Waals surface area contributed by atoms with Crippen molar-refractivity contribution in [1.82, 2.24) is 9.80 Å². The number of amides is 2. The van der Waals surface area contributed by atoms with Crippen LogP contribution in [0.2, 0.25) is 0 Å². The zero-order chi connectivity index (χ0) is 14.3. The fourth-order valence-corrected chi connectivity index (χ4v) is 2.46. The Morgan fingerprint density at radius 2 is 1.75 bits per heavy atom. The van der Waals surface area contributed by atoms with Crippen LogP contribution < -0.4 is 0 Å². The first kappa shape index (κ1) is 12.8. The Balaban J connectivity index is 1.80. The van der Waals surface area contributed by atoms with E-state index in [9.17, 15) is 14.4 Å². The highest BCUT2D eigenvalue weighted by Gasteiger charge is 2.39. The summed E-state index contributed by atoms with van der Waals surface area (Å²) in [7, 11) is 0. The van der Waals surface area contributed by atoms with E-state index < -0.39 is 5.97 Å². The average molecular weight is 274 g/mol. The summed E-state index contributed by atoms with van der Waals surface area (Å²) >= 11 is 0. The van der Waals surface area contributed by atoms with Gasteiger partial charge in [-0.3, -0.25) is 24.2 Å². The fraction of sp³-hybridized carbons (Fsp3) is 0.357. The van der Waals surface area contributed by atoms with Crippen molar-refractivity contribution >= 4 is 17.8 Å². The number of carbonyl (C=O) groups excluding carboxylic acids is 2. The van der Waals surface area contributed by atoms with Gasteiger partial charge in [-0.25, -0.2) is 0 Å². The number of nitrogens with zero attached hydrogens (tertiary/aromatic N) is 2. The number of rotatable bonds is 5. The van der Waals surface area contributed by atoms with Gasteiger partial charge in [-0.1, -0.05) is 12.1 Å². The number of fused-ring (bicyclic) bond motifs is 1. The molecule has 0 unspecified atom stereocenters. The molecule has 1 N–H and O–H groups in total. The zero-order valence-electron chi connectivity index (χ0n) is 10.8. The number of hydrogen-bond donors (Lipinski definition) is 1. The molecule has 1 saturated carbocycles. The van der Waals surface area contributed by atoms with Crippen molar-refractivity contribution in [3.8, 4) is 0 Å². The maximum Gasteiger partial charge on any atom is 0.317 e. The average Bonchev–Trinajstić information content (AvgIpc) is 3.23. The van der Waals surface area contributed by atoms with Crippen LogP contribution in [-0.4, -0.2) is 51.9 Å². The summed E-state index contributed by atoms with van der Waals surface area (Å²) in [5.74, 6) is -1.64. The van der Waals surface area contributed by atoms with Crippen LogP contribution in [0.25, 0.3) is 0 Å². The van der Waals surface area contributed by atoms with Crippen molar-refractivity contribution in [2.75, 3.05) is 13.2 Å². The Kier molecular flexibility index (Phi) is 3.02. The Bertz CT molecular complexity index is 560. The molecule has 0 saturated heterocycles. The summed E-state index contributed by atoms with van der Waals surface area (Å²) in [5, 5.41) is 8.91. The molecule has 1 aromatic carbocycles. The topological polar surface area (TPSA) is 77.9 Å². The molecule has 6 heteroatoms. The number of hydrogen-bond acceptors (Lipinski definition) is 4. The van der Waals surface area contributed by atoms with Gasteiger partial charge >= 0.3 is 5.97 Å². The van der Waals surface area contributed by atoms with Crippen molar-refractivity contribution in [1.29, 1.82) is 0 Å². The van der Waals surface area contributed by atoms with Gasteiger partial charge in [0, 0.05) is 6.04 Å². The maximum absolute atomic E-state index is 12.2. The summed E-state index contributed by atoms with van der Waals surface area (Å²) in [6.07, 6.45) is 1.83. The molecule has 0 bridgehead atoms. The predicted octanol–water partition coefficient (Wildman–Crippen LogP) is 0.789. The molecule has 0 radical (unpaired) electrons. The highest BCUT2D eigenvalue weighted by Crippen LogP contribution is 2.29. The smallest absolute Gasteiger partial charge is 0.317 e. The summed E-state index contributed by atoms with van der Waals surface area (Å²) in [6.45, 7) is -0.110. The maximum atomic E-state index is 12.2. The molecule has 0 atom stereocenters. The number of carboxylic acids is 1. The third-order valence-corrected chi connectivity index (χ3v) is 3.60. The molecular weight excluding hydrogens is 260 g/mol. The van der Waals surface area contributed by atoms with Crippen LogP contribution >= 0.6 is 0 Å². The van der Waals surface area contributed by atoms with E-state index in [0.717, 1.165) is 17.7 Å². The van der Waals surface area contributed by atoms with Crippen molar-refractivity contribution < 1.29 is 19.5 Å². The minimum absolute atomic E-state index is 0.0450. The number of carbonyl (C=O) groups is 3. The second-order valence-electron chi connectivity index (χ2n) is 5.10. The van der Waals surface area contributed by atoms with Gasteiger partial charge in [-0.05, 0) is 25.0 Å². The van der Waals surface area contributed by atoms with E-state index in [1.807, 2.05) is 0 Å². The summed E-state index contributed by atoms with van der Waals surface area (Å²) in [5.41, 5.74) is 0.784. The Morgan fingerprint density at radius 1 is 1.20 bits per heavy atom. The molecule has 1 aliphatic carbocycles. The minimum Gasteiger partial charge on any atom is -0.480 e. The van der Waals surface area contributed by atoms with Crippen molar-refractivity contribution in [3.63, 3.8) is 0 Å². The largest absolute Gasteiger partial charge is 0.480 e. The van der Waals surface area contributed by atoms with Gasteiger partial charge in [0.15, 0.2) is 0 Å². The standard InChI is InChI=1S/C14H14N2O4/c17-12(18)7-15(9-5-6-9)8-16-13(19)10-3-1-2-4-11(10)14(16)20/h1-4,9H,5-8H2,(H,17,18). The van der Waals surface area contributed by atoms with Crippen LogP contribution in [-0.2, 0) is 4.79 Å². The third kappa shape index (κ3) is 2.18. The normalized spacial score (nSPS) is 17.8. The third-order valence-electron chi connectivity index (χ3n) is 3.60. The van der Waals surface area contributed by atoms with Crippen LogP contribution in [0.4, 0.5) is 0 Å². The van der Waals surface area contributed by atoms with Gasteiger partial charge in [-0.15, -0.1) is 0 Å². The summed E-state index contributed by atoms with van der Waals surface area (Å²) < 4.78 is 0. The van der Waals surface area contributed by atoms with Gasteiger partial charge in [-0.2, -0.15) is 0 Å². The van der Waals surface area contributed by atoms with E-state index in [2.05, 4.69) is 0 Å². The van der Waals surface area contributed by atoms with Crippen LogP contribution in [0.5, 0.6) is 0 Å². The van der Waals surface area contributed by atoms with E-state index in [1.165, 1.54) is 0 Å². The lowest BCUT2D eigenvalue weighted by atomic mass is 10.1. The van der Waals surface area contributed by atoms with Crippen LogP contribution in [0.3, 0.4) is 0 Å². The van der Waals surface area contributed by atoms with Gasteiger partial charge in [0.1, 0.15) is 0 Å². The molecule has 6 nitrogen and oxygen atoms in total. The number of carboxylic acid groups (broad SMARTS) is 1. The molecular formula is C14H14N2O4. The second-order valence-corrected chi connectivity index (χ2v) is 5.10. The van der Waals surface area contributed by atoms with Crippen molar-refractivity contribution in [2.45, 2.75) is 18.9 Å². The molecule has 0 aromatic heterocycles. The summed E-state index contributed by atoms with van der Waals surface area (Å²) in [6, 6.07) is 6.82. The molecule has 1 fully saturated rings. The van der Waals surface area contributed by atoms with E-state index in [4.69, 9.17) is 5.11 Å². The van der Waals surface area contributed by atoms with Crippen LogP contribution in [0, 0.1) is 0 Å². The molecule has 3 rings (SSSR count). The molecule has 1 aromatic rings. The lowest BCUT2D eigenvalue weighted by Gasteiger charge is -2.24. The Hall–Kier alpha value is -2.21. The number of imide groups is 1. The fourth-order valence-electron chi connectivity index (χ4n) is 2.46.